The number of benzene rings is 1. The Morgan fingerprint density at radius 3 is 2.40 bits per heavy atom. The van der Waals surface area contributed by atoms with Crippen LogP contribution in [0.5, 0.6) is 0 Å². The smallest absolute Gasteiger partial charge is 0.0635 e. The fourth-order valence-corrected chi connectivity index (χ4v) is 2.63. The predicted octanol–water partition coefficient (Wildman–Crippen LogP) is 2.28. The van der Waals surface area contributed by atoms with Crippen LogP contribution in [0.4, 0.5) is 11.4 Å². The van der Waals surface area contributed by atoms with Crippen molar-refractivity contribution in [3.63, 3.8) is 0 Å². The van der Waals surface area contributed by atoms with Gasteiger partial charge in [0.25, 0.3) is 0 Å². The highest BCUT2D eigenvalue weighted by molar-refractivity contribution is 5.55. The molecular weight excluding hydrogens is 250 g/mol. The third-order valence-electron chi connectivity index (χ3n) is 3.78. The van der Waals surface area contributed by atoms with Gasteiger partial charge < -0.3 is 15.0 Å². The molecule has 1 aromatic carbocycles. The molecule has 0 amide bonds. The van der Waals surface area contributed by atoms with Crippen LogP contribution >= 0.6 is 0 Å². The van der Waals surface area contributed by atoms with Gasteiger partial charge in [0.15, 0.2) is 0 Å². The first-order valence-electron chi connectivity index (χ1n) is 7.63. The van der Waals surface area contributed by atoms with Crippen LogP contribution in [0.1, 0.15) is 13.3 Å². The van der Waals surface area contributed by atoms with Gasteiger partial charge in [-0.15, -0.1) is 0 Å². The minimum absolute atomic E-state index is 0.737. The molecule has 1 aliphatic heterocycles. The molecule has 0 unspecified atom stereocenters. The highest BCUT2D eigenvalue weighted by Gasteiger charge is 2.16. The zero-order valence-electron chi connectivity index (χ0n) is 12.8. The number of methoxy groups -OCH3 is 1. The lowest BCUT2D eigenvalue weighted by Crippen LogP contribution is -2.46. The van der Waals surface area contributed by atoms with Gasteiger partial charge in [0.2, 0.25) is 0 Å². The third-order valence-corrected chi connectivity index (χ3v) is 3.78. The van der Waals surface area contributed by atoms with Crippen molar-refractivity contribution in [1.82, 2.24) is 4.90 Å². The summed E-state index contributed by atoms with van der Waals surface area (Å²) < 4.78 is 5.04. The van der Waals surface area contributed by atoms with E-state index in [1.54, 1.807) is 7.11 Å². The Balaban J connectivity index is 1.81. The van der Waals surface area contributed by atoms with Gasteiger partial charge in [-0.3, -0.25) is 4.90 Å². The molecule has 0 aliphatic carbocycles. The number of anilines is 2. The Hall–Kier alpha value is -1.26. The quantitative estimate of drug-likeness (QED) is 0.774. The Kier molecular flexibility index (Phi) is 6.15. The maximum absolute atomic E-state index is 5.04. The first kappa shape index (κ1) is 15.1. The Morgan fingerprint density at radius 1 is 1.10 bits per heavy atom. The van der Waals surface area contributed by atoms with E-state index in [4.69, 9.17) is 4.74 Å². The van der Waals surface area contributed by atoms with Gasteiger partial charge in [-0.1, -0.05) is 6.92 Å². The summed E-state index contributed by atoms with van der Waals surface area (Å²) in [4.78, 5) is 5.03. The Labute approximate surface area is 122 Å². The lowest BCUT2D eigenvalue weighted by Gasteiger charge is -2.36. The minimum atomic E-state index is 0.737. The van der Waals surface area contributed by atoms with Gasteiger partial charge >= 0.3 is 0 Å². The summed E-state index contributed by atoms with van der Waals surface area (Å²) in [7, 11) is 1.73. The van der Waals surface area contributed by atoms with Crippen LogP contribution in [0.3, 0.4) is 0 Å². The molecule has 1 aromatic rings. The molecule has 1 saturated heterocycles. The number of ether oxygens (including phenoxy) is 1. The molecule has 1 fully saturated rings. The van der Waals surface area contributed by atoms with E-state index in [0.29, 0.717) is 0 Å². The first-order valence-corrected chi connectivity index (χ1v) is 7.63. The van der Waals surface area contributed by atoms with Crippen LogP contribution in [-0.2, 0) is 4.74 Å². The lowest BCUT2D eigenvalue weighted by molar-refractivity contribution is 0.211. The summed E-state index contributed by atoms with van der Waals surface area (Å²) in [5, 5.41) is 3.35. The van der Waals surface area contributed by atoms with Gasteiger partial charge in [-0.05, 0) is 37.2 Å². The number of nitrogens with zero attached hydrogens (tertiary/aromatic N) is 2. The molecule has 0 atom stereocenters. The molecule has 112 valence electrons. The summed E-state index contributed by atoms with van der Waals surface area (Å²) in [5.74, 6) is 0. The molecule has 20 heavy (non-hydrogen) atoms. The number of piperazine rings is 1. The van der Waals surface area contributed by atoms with Gasteiger partial charge in [0.05, 0.1) is 6.61 Å². The van der Waals surface area contributed by atoms with E-state index < -0.39 is 0 Å². The van der Waals surface area contributed by atoms with Crippen LogP contribution in [0.15, 0.2) is 24.3 Å². The summed E-state index contributed by atoms with van der Waals surface area (Å²) >= 11 is 0. The molecule has 0 spiro atoms. The van der Waals surface area contributed by atoms with Crippen molar-refractivity contribution in [2.45, 2.75) is 13.3 Å². The molecule has 0 saturated carbocycles. The number of nitrogens with one attached hydrogen (secondary N) is 1. The normalized spacial score (nSPS) is 16.4. The van der Waals surface area contributed by atoms with Crippen LogP contribution in [0, 0.1) is 0 Å². The summed E-state index contributed by atoms with van der Waals surface area (Å²) in [6, 6.07) is 8.74. The van der Waals surface area contributed by atoms with E-state index in [0.717, 1.165) is 31.9 Å². The summed E-state index contributed by atoms with van der Waals surface area (Å²) in [6.07, 6.45) is 1.25. The van der Waals surface area contributed by atoms with E-state index in [9.17, 15) is 0 Å². The maximum Gasteiger partial charge on any atom is 0.0635 e. The van der Waals surface area contributed by atoms with Crippen molar-refractivity contribution in [3.05, 3.63) is 24.3 Å². The monoisotopic (exact) mass is 277 g/mol. The Bertz CT molecular complexity index is 372. The van der Waals surface area contributed by atoms with Crippen LogP contribution < -0.4 is 10.2 Å². The third kappa shape index (κ3) is 4.39. The van der Waals surface area contributed by atoms with Crippen molar-refractivity contribution in [2.75, 3.05) is 63.2 Å². The second-order valence-electron chi connectivity index (χ2n) is 5.30. The number of rotatable bonds is 7. The van der Waals surface area contributed by atoms with Crippen LogP contribution in [0.2, 0.25) is 0 Å². The van der Waals surface area contributed by atoms with E-state index in [-0.39, 0.29) is 0 Å². The van der Waals surface area contributed by atoms with E-state index in [1.165, 1.54) is 31.7 Å². The van der Waals surface area contributed by atoms with Crippen molar-refractivity contribution in [2.24, 2.45) is 0 Å². The van der Waals surface area contributed by atoms with Gasteiger partial charge in [-0.25, -0.2) is 0 Å². The average molecular weight is 277 g/mol. The van der Waals surface area contributed by atoms with Crippen LogP contribution in [0.25, 0.3) is 0 Å². The second-order valence-corrected chi connectivity index (χ2v) is 5.30. The number of hydrogen-bond donors (Lipinski definition) is 1. The van der Waals surface area contributed by atoms with E-state index in [2.05, 4.69) is 46.3 Å². The standard InChI is InChI=1S/C16H27N3O/c1-3-9-18-10-12-19(13-11-18)16-6-4-15(5-7-16)17-8-14-20-2/h4-7,17H,3,8-14H2,1-2H3. The topological polar surface area (TPSA) is 27.7 Å². The molecule has 4 nitrogen and oxygen atoms in total. The van der Waals surface area contributed by atoms with Gasteiger partial charge in [-0.2, -0.15) is 0 Å². The van der Waals surface area contributed by atoms with Crippen molar-refractivity contribution >= 4 is 11.4 Å². The molecular formula is C16H27N3O. The average Bonchev–Trinajstić information content (AvgIpc) is 2.49. The zero-order chi connectivity index (χ0) is 14.2. The lowest BCUT2D eigenvalue weighted by atomic mass is 10.2. The zero-order valence-corrected chi connectivity index (χ0v) is 12.8. The maximum atomic E-state index is 5.04. The molecule has 0 radical (unpaired) electrons. The van der Waals surface area contributed by atoms with E-state index in [1.807, 2.05) is 0 Å². The van der Waals surface area contributed by atoms with Crippen LogP contribution in [-0.4, -0.2) is 57.9 Å². The summed E-state index contributed by atoms with van der Waals surface area (Å²) in [5.41, 5.74) is 2.49. The number of hydrogen-bond acceptors (Lipinski definition) is 4. The molecule has 0 aromatic heterocycles. The molecule has 1 N–H and O–H groups in total. The predicted molar refractivity (Wildman–Crippen MR) is 85.8 cm³/mol. The largest absolute Gasteiger partial charge is 0.383 e. The van der Waals surface area contributed by atoms with Crippen molar-refractivity contribution < 1.29 is 4.74 Å². The highest BCUT2D eigenvalue weighted by atomic mass is 16.5. The molecule has 4 heteroatoms. The minimum Gasteiger partial charge on any atom is -0.383 e. The molecule has 0 bridgehead atoms. The second kappa shape index (κ2) is 8.12. The van der Waals surface area contributed by atoms with E-state index >= 15 is 0 Å². The summed E-state index contributed by atoms with van der Waals surface area (Å²) in [6.45, 7) is 9.71. The highest BCUT2D eigenvalue weighted by Crippen LogP contribution is 2.19. The fraction of sp³-hybridized carbons (Fsp3) is 0.625. The molecule has 1 aliphatic rings. The fourth-order valence-electron chi connectivity index (χ4n) is 2.63. The SMILES string of the molecule is CCCN1CCN(c2ccc(NCCOC)cc2)CC1. The van der Waals surface area contributed by atoms with Crippen molar-refractivity contribution in [1.29, 1.82) is 0 Å². The first-order chi connectivity index (χ1) is 9.83. The van der Waals surface area contributed by atoms with Crippen molar-refractivity contribution in [3.8, 4) is 0 Å². The molecule has 1 heterocycles. The Morgan fingerprint density at radius 2 is 1.80 bits per heavy atom. The van der Waals surface area contributed by atoms with Gasteiger partial charge in [0, 0.05) is 51.2 Å². The van der Waals surface area contributed by atoms with Gasteiger partial charge in [0.1, 0.15) is 0 Å². The molecule has 2 rings (SSSR count).